The molecule has 0 bridgehead atoms. The van der Waals surface area contributed by atoms with E-state index in [1.54, 1.807) is 0 Å². The van der Waals surface area contributed by atoms with Crippen LogP contribution in [0.25, 0.3) is 0 Å². The number of rotatable bonds is 7. The average molecular weight is 249 g/mol. The molecule has 3 nitrogen and oxygen atoms in total. The lowest BCUT2D eigenvalue weighted by atomic mass is 10.2. The Morgan fingerprint density at radius 2 is 1.76 bits per heavy atom. The third-order valence-electron chi connectivity index (χ3n) is 2.06. The Hall–Kier alpha value is -1.11. The maximum absolute atomic E-state index is 13.1. The van der Waals surface area contributed by atoms with Crippen molar-refractivity contribution in [2.24, 2.45) is 0 Å². The zero-order chi connectivity index (χ0) is 12.7. The Balaban J connectivity index is 2.34. The molecule has 0 radical (unpaired) electrons. The number of hydrogen-bond acceptors (Lipinski definition) is 3. The molecule has 0 aliphatic carbocycles. The van der Waals surface area contributed by atoms with E-state index in [1.807, 2.05) is 0 Å². The van der Waals surface area contributed by atoms with Crippen LogP contribution >= 0.6 is 0 Å². The second-order valence-corrected chi connectivity index (χ2v) is 3.37. The van der Waals surface area contributed by atoms with Gasteiger partial charge in [0.25, 0.3) is 0 Å². The molecule has 17 heavy (non-hydrogen) atoms. The molecule has 96 valence electrons. The van der Waals surface area contributed by atoms with Crippen molar-refractivity contribution in [2.75, 3.05) is 26.4 Å². The molecule has 0 saturated heterocycles. The second kappa shape index (κ2) is 7.26. The topological polar surface area (TPSA) is 41.5 Å². The van der Waals surface area contributed by atoms with E-state index in [2.05, 4.69) is 5.32 Å². The lowest BCUT2D eigenvalue weighted by Gasteiger charge is -2.07. The molecule has 6 heteroatoms. The van der Waals surface area contributed by atoms with Gasteiger partial charge in [-0.2, -0.15) is 0 Å². The summed E-state index contributed by atoms with van der Waals surface area (Å²) in [6.07, 6.45) is 0. The van der Waals surface area contributed by atoms with E-state index in [9.17, 15) is 13.2 Å². The van der Waals surface area contributed by atoms with E-state index >= 15 is 0 Å². The first-order valence-electron chi connectivity index (χ1n) is 5.18. The van der Waals surface area contributed by atoms with Gasteiger partial charge in [0.1, 0.15) is 5.82 Å². The quantitative estimate of drug-likeness (QED) is 0.563. The molecule has 1 aromatic rings. The molecule has 0 saturated carbocycles. The van der Waals surface area contributed by atoms with Crippen molar-refractivity contribution < 1.29 is 23.0 Å². The van der Waals surface area contributed by atoms with Gasteiger partial charge in [0, 0.05) is 24.7 Å². The minimum atomic E-state index is -1.20. The summed E-state index contributed by atoms with van der Waals surface area (Å²) in [7, 11) is 0. The number of nitrogens with one attached hydrogen (secondary N) is 1. The van der Waals surface area contributed by atoms with Crippen molar-refractivity contribution in [2.45, 2.75) is 6.54 Å². The van der Waals surface area contributed by atoms with E-state index < -0.39 is 17.5 Å². The summed E-state index contributed by atoms with van der Waals surface area (Å²) in [5.74, 6) is -3.05. The molecule has 0 aromatic heterocycles. The molecule has 1 aromatic carbocycles. The monoisotopic (exact) mass is 249 g/mol. The first-order valence-corrected chi connectivity index (χ1v) is 5.18. The van der Waals surface area contributed by atoms with E-state index in [1.165, 1.54) is 0 Å². The molecule has 2 N–H and O–H groups in total. The standard InChI is InChI=1S/C11H14F3NO2/c12-9-6-11(14)10(13)5-8(9)7-15-1-3-17-4-2-16/h5-6,15-16H,1-4,7H2. The van der Waals surface area contributed by atoms with Crippen LogP contribution < -0.4 is 5.32 Å². The number of aliphatic hydroxyl groups excluding tert-OH is 1. The molecule has 0 amide bonds. The largest absolute Gasteiger partial charge is 0.394 e. The molecule has 0 spiro atoms. The van der Waals surface area contributed by atoms with Gasteiger partial charge >= 0.3 is 0 Å². The summed E-state index contributed by atoms with van der Waals surface area (Å²) in [5, 5.41) is 11.2. The van der Waals surface area contributed by atoms with Crippen molar-refractivity contribution in [3.05, 3.63) is 35.1 Å². The van der Waals surface area contributed by atoms with Gasteiger partial charge in [-0.25, -0.2) is 13.2 Å². The Bertz CT molecular complexity index is 361. The van der Waals surface area contributed by atoms with Crippen LogP contribution in [0.2, 0.25) is 0 Å². The summed E-state index contributed by atoms with van der Waals surface area (Å²) in [5.41, 5.74) is 0.0612. The predicted molar refractivity (Wildman–Crippen MR) is 55.9 cm³/mol. The SMILES string of the molecule is OCCOCCNCc1cc(F)c(F)cc1F. The van der Waals surface area contributed by atoms with Crippen molar-refractivity contribution >= 4 is 0 Å². The average Bonchev–Trinajstić information content (AvgIpc) is 2.30. The van der Waals surface area contributed by atoms with E-state index in [0.29, 0.717) is 19.2 Å². The zero-order valence-corrected chi connectivity index (χ0v) is 9.18. The first-order chi connectivity index (χ1) is 8.15. The van der Waals surface area contributed by atoms with Crippen LogP contribution in [0.5, 0.6) is 0 Å². The molecular formula is C11H14F3NO2. The van der Waals surface area contributed by atoms with Crippen LogP contribution in [-0.4, -0.2) is 31.5 Å². The van der Waals surface area contributed by atoms with Gasteiger partial charge in [0.2, 0.25) is 0 Å². The highest BCUT2D eigenvalue weighted by atomic mass is 19.2. The summed E-state index contributed by atoms with van der Waals surface area (Å²) in [4.78, 5) is 0. The Morgan fingerprint density at radius 1 is 1.06 bits per heavy atom. The van der Waals surface area contributed by atoms with Gasteiger partial charge in [-0.1, -0.05) is 0 Å². The minimum Gasteiger partial charge on any atom is -0.394 e. The molecule has 0 aliphatic heterocycles. The van der Waals surface area contributed by atoms with Gasteiger partial charge in [-0.05, 0) is 6.07 Å². The molecule has 0 unspecified atom stereocenters. The highest BCUT2D eigenvalue weighted by molar-refractivity contribution is 5.19. The fraction of sp³-hybridized carbons (Fsp3) is 0.455. The van der Waals surface area contributed by atoms with Gasteiger partial charge in [-0.15, -0.1) is 0 Å². The molecule has 0 aliphatic rings. The van der Waals surface area contributed by atoms with E-state index in [4.69, 9.17) is 9.84 Å². The fourth-order valence-corrected chi connectivity index (χ4v) is 1.23. The number of aliphatic hydroxyl groups is 1. The highest BCUT2D eigenvalue weighted by Gasteiger charge is 2.08. The summed E-state index contributed by atoms with van der Waals surface area (Å²) < 4.78 is 43.5. The maximum atomic E-state index is 13.1. The highest BCUT2D eigenvalue weighted by Crippen LogP contribution is 2.13. The van der Waals surface area contributed by atoms with Crippen LogP contribution in [0.4, 0.5) is 13.2 Å². The summed E-state index contributed by atoms with van der Waals surface area (Å²) >= 11 is 0. The number of ether oxygens (including phenoxy) is 1. The van der Waals surface area contributed by atoms with Crippen molar-refractivity contribution in [1.29, 1.82) is 0 Å². The van der Waals surface area contributed by atoms with Crippen LogP contribution in [0.3, 0.4) is 0 Å². The van der Waals surface area contributed by atoms with Gasteiger partial charge < -0.3 is 15.2 Å². The molecule has 0 heterocycles. The zero-order valence-electron chi connectivity index (χ0n) is 9.18. The minimum absolute atomic E-state index is 0.0577. The van der Waals surface area contributed by atoms with Gasteiger partial charge in [0.15, 0.2) is 11.6 Å². The van der Waals surface area contributed by atoms with Crippen LogP contribution in [-0.2, 0) is 11.3 Å². The molecule has 0 fully saturated rings. The Kier molecular flexibility index (Phi) is 5.96. The summed E-state index contributed by atoms with van der Waals surface area (Å²) in [6.45, 7) is 1.05. The lowest BCUT2D eigenvalue weighted by molar-refractivity contribution is 0.0937. The number of halogens is 3. The summed E-state index contributed by atoms with van der Waals surface area (Å²) in [6, 6.07) is 1.35. The molecule has 0 atom stereocenters. The van der Waals surface area contributed by atoms with Crippen molar-refractivity contribution in [3.8, 4) is 0 Å². The predicted octanol–water partition coefficient (Wildman–Crippen LogP) is 1.20. The second-order valence-electron chi connectivity index (χ2n) is 3.37. The van der Waals surface area contributed by atoms with Crippen molar-refractivity contribution in [3.63, 3.8) is 0 Å². The van der Waals surface area contributed by atoms with Crippen molar-refractivity contribution in [1.82, 2.24) is 5.32 Å². The van der Waals surface area contributed by atoms with Gasteiger partial charge in [-0.3, -0.25) is 0 Å². The normalized spacial score (nSPS) is 10.8. The van der Waals surface area contributed by atoms with Gasteiger partial charge in [0.05, 0.1) is 19.8 Å². The smallest absolute Gasteiger partial charge is 0.161 e. The molecular weight excluding hydrogens is 235 g/mol. The van der Waals surface area contributed by atoms with E-state index in [0.717, 1.165) is 6.07 Å². The number of hydrogen-bond donors (Lipinski definition) is 2. The van der Waals surface area contributed by atoms with Crippen LogP contribution in [0.1, 0.15) is 5.56 Å². The first kappa shape index (κ1) is 14.0. The third kappa shape index (κ3) is 4.72. The maximum Gasteiger partial charge on any atom is 0.161 e. The van der Waals surface area contributed by atoms with Crippen LogP contribution in [0.15, 0.2) is 12.1 Å². The Morgan fingerprint density at radius 3 is 2.47 bits per heavy atom. The lowest BCUT2D eigenvalue weighted by Crippen LogP contribution is -2.20. The van der Waals surface area contributed by atoms with Crippen LogP contribution in [0, 0.1) is 17.5 Å². The fourth-order valence-electron chi connectivity index (χ4n) is 1.23. The van der Waals surface area contributed by atoms with E-state index in [-0.39, 0.29) is 25.3 Å². The molecule has 1 rings (SSSR count). The Labute approximate surface area is 97.2 Å². The third-order valence-corrected chi connectivity index (χ3v) is 2.06. The number of benzene rings is 1.